The molecule has 2 aliphatic heterocycles. The van der Waals surface area contributed by atoms with E-state index in [4.69, 9.17) is 11.6 Å². The van der Waals surface area contributed by atoms with Crippen LogP contribution >= 0.6 is 11.6 Å². The van der Waals surface area contributed by atoms with Crippen LogP contribution in [0.25, 0.3) is 5.70 Å². The van der Waals surface area contributed by atoms with Gasteiger partial charge in [-0.3, -0.25) is 9.80 Å². The predicted octanol–water partition coefficient (Wildman–Crippen LogP) is 5.14. The van der Waals surface area contributed by atoms with Crippen molar-refractivity contribution in [3.63, 3.8) is 0 Å². The highest BCUT2D eigenvalue weighted by Crippen LogP contribution is 2.33. The molecule has 2 heterocycles. The second-order valence-electron chi connectivity index (χ2n) is 8.73. The van der Waals surface area contributed by atoms with E-state index in [9.17, 15) is 0 Å². The maximum absolute atomic E-state index is 6.62. The van der Waals surface area contributed by atoms with E-state index in [-0.39, 0.29) is 12.3 Å². The van der Waals surface area contributed by atoms with Crippen LogP contribution in [-0.4, -0.2) is 42.6 Å². The van der Waals surface area contributed by atoms with Gasteiger partial charge in [-0.2, -0.15) is 0 Å². The van der Waals surface area contributed by atoms with Gasteiger partial charge in [-0.05, 0) is 63.7 Å². The molecule has 1 saturated heterocycles. The molecule has 5 heteroatoms. The Balaban J connectivity index is 1.67. The lowest BCUT2D eigenvalue weighted by molar-refractivity contribution is 0.129. The van der Waals surface area contributed by atoms with Crippen LogP contribution < -0.4 is 10.6 Å². The minimum atomic E-state index is -0.0220. The average molecular weight is 437 g/mol. The van der Waals surface area contributed by atoms with Crippen molar-refractivity contribution in [3.8, 4) is 0 Å². The van der Waals surface area contributed by atoms with Crippen LogP contribution in [0.1, 0.15) is 42.1 Å². The van der Waals surface area contributed by atoms with Crippen LogP contribution in [0.2, 0.25) is 5.02 Å². The molecule has 164 valence electrons. The Morgan fingerprint density at radius 2 is 1.84 bits per heavy atom. The summed E-state index contributed by atoms with van der Waals surface area (Å²) in [6, 6.07) is 16.9. The Labute approximate surface area is 191 Å². The van der Waals surface area contributed by atoms with E-state index in [0.29, 0.717) is 6.04 Å². The zero-order chi connectivity index (χ0) is 22.0. The highest BCUT2D eigenvalue weighted by atomic mass is 35.5. The summed E-state index contributed by atoms with van der Waals surface area (Å²) in [4.78, 5) is 4.75. The Bertz CT molecular complexity index is 969. The fraction of sp³-hybridized carbons (Fsp3) is 0.385. The third-order valence-electron chi connectivity index (χ3n) is 6.61. The van der Waals surface area contributed by atoms with E-state index in [2.05, 4.69) is 90.5 Å². The minimum absolute atomic E-state index is 0.0000413. The monoisotopic (exact) mass is 436 g/mol. The number of rotatable bonds is 5. The van der Waals surface area contributed by atoms with Crippen LogP contribution in [0.15, 0.2) is 66.9 Å². The molecular weight excluding hydrogens is 404 g/mol. The number of likely N-dealkylation sites (tertiary alicyclic amines) is 1. The Morgan fingerprint density at radius 3 is 2.58 bits per heavy atom. The predicted molar refractivity (Wildman–Crippen MR) is 131 cm³/mol. The van der Waals surface area contributed by atoms with Gasteiger partial charge in [0.15, 0.2) is 0 Å². The first-order valence-electron chi connectivity index (χ1n) is 11.1. The first-order chi connectivity index (χ1) is 15.0. The first kappa shape index (κ1) is 21.9. The van der Waals surface area contributed by atoms with Gasteiger partial charge in [-0.25, -0.2) is 0 Å². The lowest BCUT2D eigenvalue weighted by Gasteiger charge is -2.45. The van der Waals surface area contributed by atoms with Gasteiger partial charge < -0.3 is 10.6 Å². The molecule has 0 aliphatic carbocycles. The van der Waals surface area contributed by atoms with E-state index >= 15 is 0 Å². The normalized spacial score (nSPS) is 24.9. The van der Waals surface area contributed by atoms with Gasteiger partial charge in [-0.1, -0.05) is 67.1 Å². The SMILES string of the molecule is C=C(NC1C=C(C2CCCCN2C)NC(c2ccccc2Cl)N1C)c1ccccc1C. The van der Waals surface area contributed by atoms with E-state index in [1.165, 1.54) is 30.5 Å². The van der Waals surface area contributed by atoms with Crippen molar-refractivity contribution in [1.82, 2.24) is 20.4 Å². The Morgan fingerprint density at radius 1 is 1.10 bits per heavy atom. The molecular formula is C26H33ClN4. The molecule has 0 spiro atoms. The molecule has 2 N–H and O–H groups in total. The summed E-state index contributed by atoms with van der Waals surface area (Å²) in [5, 5.41) is 8.27. The fourth-order valence-electron chi connectivity index (χ4n) is 4.74. The highest BCUT2D eigenvalue weighted by Gasteiger charge is 2.34. The average Bonchev–Trinajstić information content (AvgIpc) is 2.76. The Kier molecular flexibility index (Phi) is 6.71. The van der Waals surface area contributed by atoms with Crippen LogP contribution in [0.5, 0.6) is 0 Å². The fourth-order valence-corrected chi connectivity index (χ4v) is 4.98. The number of hydrogen-bond acceptors (Lipinski definition) is 4. The molecule has 0 amide bonds. The third-order valence-corrected chi connectivity index (χ3v) is 6.95. The zero-order valence-electron chi connectivity index (χ0n) is 18.7. The number of benzene rings is 2. The van der Waals surface area contributed by atoms with Gasteiger partial charge in [0.1, 0.15) is 12.3 Å². The lowest BCUT2D eigenvalue weighted by atomic mass is 9.96. The van der Waals surface area contributed by atoms with Crippen molar-refractivity contribution in [3.05, 3.63) is 88.6 Å². The quantitative estimate of drug-likeness (QED) is 0.679. The van der Waals surface area contributed by atoms with Crippen molar-refractivity contribution in [2.75, 3.05) is 20.6 Å². The third kappa shape index (κ3) is 4.67. The van der Waals surface area contributed by atoms with Crippen LogP contribution in [0.3, 0.4) is 0 Å². The first-order valence-corrected chi connectivity index (χ1v) is 11.5. The smallest absolute Gasteiger partial charge is 0.109 e. The molecule has 0 radical (unpaired) electrons. The lowest BCUT2D eigenvalue weighted by Crippen LogP contribution is -2.54. The maximum atomic E-state index is 6.62. The van der Waals surface area contributed by atoms with Crippen LogP contribution in [-0.2, 0) is 0 Å². The molecule has 2 aromatic carbocycles. The topological polar surface area (TPSA) is 30.5 Å². The minimum Gasteiger partial charge on any atom is -0.368 e. The molecule has 4 rings (SSSR count). The van der Waals surface area contributed by atoms with E-state index in [1.807, 2.05) is 12.1 Å². The number of piperidine rings is 1. The van der Waals surface area contributed by atoms with E-state index < -0.39 is 0 Å². The second-order valence-corrected chi connectivity index (χ2v) is 9.14. The summed E-state index contributed by atoms with van der Waals surface area (Å²) in [5.74, 6) is 0. The zero-order valence-corrected chi connectivity index (χ0v) is 19.5. The van der Waals surface area contributed by atoms with Crippen molar-refractivity contribution >= 4 is 17.3 Å². The molecule has 0 saturated carbocycles. The summed E-state index contributed by atoms with van der Waals surface area (Å²) >= 11 is 6.62. The molecule has 1 fully saturated rings. The van der Waals surface area contributed by atoms with E-state index in [1.54, 1.807) is 0 Å². The summed E-state index contributed by atoms with van der Waals surface area (Å²) in [5.41, 5.74) is 5.65. The van der Waals surface area contributed by atoms with Gasteiger partial charge in [0.25, 0.3) is 0 Å². The van der Waals surface area contributed by atoms with Crippen molar-refractivity contribution in [2.45, 2.75) is 44.6 Å². The Hall–Kier alpha value is -2.27. The number of nitrogens with zero attached hydrogens (tertiary/aromatic N) is 2. The summed E-state index contributed by atoms with van der Waals surface area (Å²) in [6.45, 7) is 7.61. The summed E-state index contributed by atoms with van der Waals surface area (Å²) < 4.78 is 0. The van der Waals surface area contributed by atoms with Crippen LogP contribution in [0.4, 0.5) is 0 Å². The molecule has 2 aromatic rings. The second kappa shape index (κ2) is 9.47. The molecule has 0 aromatic heterocycles. The molecule has 4 nitrogen and oxygen atoms in total. The van der Waals surface area contributed by atoms with Crippen molar-refractivity contribution in [2.24, 2.45) is 0 Å². The van der Waals surface area contributed by atoms with Gasteiger partial charge in [-0.15, -0.1) is 0 Å². The van der Waals surface area contributed by atoms with E-state index in [0.717, 1.165) is 28.4 Å². The van der Waals surface area contributed by atoms with Gasteiger partial charge in [0.2, 0.25) is 0 Å². The van der Waals surface area contributed by atoms with Crippen LogP contribution in [0, 0.1) is 6.92 Å². The molecule has 3 atom stereocenters. The van der Waals surface area contributed by atoms with Crippen molar-refractivity contribution in [1.29, 1.82) is 0 Å². The van der Waals surface area contributed by atoms with Gasteiger partial charge in [0.05, 0.1) is 0 Å². The highest BCUT2D eigenvalue weighted by molar-refractivity contribution is 6.31. The standard InChI is InChI=1S/C26H33ClN4/c1-18-11-5-6-12-20(18)19(2)28-25-17-23(24-15-9-10-16-30(24)3)29-26(31(25)4)21-13-7-8-14-22(21)27/h5-8,11-14,17,24-26,28-29H,2,9-10,15-16H2,1,3-4H3. The summed E-state index contributed by atoms with van der Waals surface area (Å²) in [6.07, 6.45) is 5.99. The summed E-state index contributed by atoms with van der Waals surface area (Å²) in [7, 11) is 4.35. The largest absolute Gasteiger partial charge is 0.368 e. The number of hydrogen-bond donors (Lipinski definition) is 2. The molecule has 3 unspecified atom stereocenters. The number of likely N-dealkylation sites (N-methyl/N-ethyl adjacent to an activating group) is 2. The number of aryl methyl sites for hydroxylation is 1. The van der Waals surface area contributed by atoms with Gasteiger partial charge in [0, 0.05) is 28.0 Å². The number of halogens is 1. The number of nitrogens with one attached hydrogen (secondary N) is 2. The molecule has 31 heavy (non-hydrogen) atoms. The molecule has 0 bridgehead atoms. The molecule has 2 aliphatic rings. The van der Waals surface area contributed by atoms with Crippen molar-refractivity contribution < 1.29 is 0 Å². The maximum Gasteiger partial charge on any atom is 0.109 e. The van der Waals surface area contributed by atoms with Gasteiger partial charge >= 0.3 is 0 Å².